The van der Waals surface area contributed by atoms with Gasteiger partial charge in [-0.2, -0.15) is 0 Å². The lowest BCUT2D eigenvalue weighted by Gasteiger charge is -2.30. The smallest absolute Gasteiger partial charge is 0.307 e. The lowest BCUT2D eigenvalue weighted by Crippen LogP contribution is -2.36. The van der Waals surface area contributed by atoms with Gasteiger partial charge in [0.15, 0.2) is 0 Å². The van der Waals surface area contributed by atoms with Gasteiger partial charge in [-0.25, -0.2) is 9.78 Å². The van der Waals surface area contributed by atoms with E-state index in [1.807, 2.05) is 36.6 Å². The summed E-state index contributed by atoms with van der Waals surface area (Å²) in [6, 6.07) is 7.51. The minimum atomic E-state index is -0.156. The van der Waals surface area contributed by atoms with E-state index in [0.29, 0.717) is 12.2 Å². The zero-order valence-electron chi connectivity index (χ0n) is 10.5. The number of amides is 2. The van der Waals surface area contributed by atoms with E-state index in [0.717, 1.165) is 22.0 Å². The van der Waals surface area contributed by atoms with Crippen LogP contribution < -0.4 is 5.32 Å². The van der Waals surface area contributed by atoms with Gasteiger partial charge in [0.1, 0.15) is 5.01 Å². The number of carbonyl (C=O) groups excluding carboxylic acids is 1. The van der Waals surface area contributed by atoms with Gasteiger partial charge >= 0.3 is 6.03 Å². The zero-order valence-corrected chi connectivity index (χ0v) is 11.3. The highest BCUT2D eigenvalue weighted by molar-refractivity contribution is 7.09. The van der Waals surface area contributed by atoms with E-state index in [9.17, 15) is 4.79 Å². The number of aromatic nitrogens is 1. The molecule has 0 radical (unpaired) electrons. The molecule has 1 aromatic carbocycles. The van der Waals surface area contributed by atoms with Crippen molar-refractivity contribution in [1.29, 1.82) is 0 Å². The van der Waals surface area contributed by atoms with Crippen molar-refractivity contribution in [1.82, 2.24) is 9.88 Å². The monoisotopic (exact) mass is 271 g/mol. The second-order valence-corrected chi connectivity index (χ2v) is 5.33. The van der Waals surface area contributed by atoms with E-state index in [-0.39, 0.29) is 6.03 Å². The van der Waals surface area contributed by atoms with Gasteiger partial charge in [-0.3, -0.25) is 4.90 Å². The van der Waals surface area contributed by atoms with E-state index in [1.54, 1.807) is 16.2 Å². The molecule has 2 heterocycles. The van der Waals surface area contributed by atoms with Crippen LogP contribution in [0.4, 0.5) is 10.5 Å². The van der Waals surface area contributed by atoms with Crippen molar-refractivity contribution < 1.29 is 4.79 Å². The number of para-hydroxylation sites is 1. The Morgan fingerprint density at radius 1 is 1.42 bits per heavy atom. The number of urea groups is 1. The second kappa shape index (κ2) is 4.51. The Morgan fingerprint density at radius 3 is 2.95 bits per heavy atom. The number of rotatable bonds is 2. The van der Waals surface area contributed by atoms with Crippen molar-refractivity contribution in [3.8, 4) is 0 Å². The molecule has 4 nitrogen and oxygen atoms in total. The standard InChI is InChI=1S/C14H13N3OS/c1-9-8-19-13(15-9)7-17-10(2)11-5-3-4-6-12(11)16-14(17)18/h3-6,8H,2,7H2,1H3,(H,16,18). The van der Waals surface area contributed by atoms with Crippen LogP contribution in [0.3, 0.4) is 0 Å². The van der Waals surface area contributed by atoms with Crippen LogP contribution in [0.5, 0.6) is 0 Å². The maximum Gasteiger partial charge on any atom is 0.326 e. The van der Waals surface area contributed by atoms with Crippen molar-refractivity contribution in [2.45, 2.75) is 13.5 Å². The van der Waals surface area contributed by atoms with Crippen LogP contribution in [0.25, 0.3) is 5.70 Å². The number of thiazole rings is 1. The fourth-order valence-corrected chi connectivity index (χ4v) is 2.83. The van der Waals surface area contributed by atoms with Gasteiger partial charge in [-0.1, -0.05) is 24.8 Å². The van der Waals surface area contributed by atoms with Gasteiger partial charge in [0.2, 0.25) is 0 Å². The lowest BCUT2D eigenvalue weighted by molar-refractivity contribution is 0.229. The number of nitrogens with one attached hydrogen (secondary N) is 1. The first-order chi connectivity index (χ1) is 9.15. The Kier molecular flexibility index (Phi) is 2.83. The minimum Gasteiger partial charge on any atom is -0.307 e. The number of carbonyl (C=O) groups is 1. The molecule has 1 aliphatic heterocycles. The molecular formula is C14H13N3OS. The molecule has 3 rings (SSSR count). The predicted molar refractivity (Wildman–Crippen MR) is 76.9 cm³/mol. The SMILES string of the molecule is C=C1c2ccccc2NC(=O)N1Cc1nc(C)cs1. The van der Waals surface area contributed by atoms with E-state index in [1.165, 1.54) is 0 Å². The molecule has 1 aliphatic rings. The highest BCUT2D eigenvalue weighted by atomic mass is 32.1. The third-order valence-electron chi connectivity index (χ3n) is 3.01. The molecular weight excluding hydrogens is 258 g/mol. The van der Waals surface area contributed by atoms with E-state index in [4.69, 9.17) is 0 Å². The van der Waals surface area contributed by atoms with E-state index >= 15 is 0 Å². The van der Waals surface area contributed by atoms with E-state index in [2.05, 4.69) is 16.9 Å². The maximum absolute atomic E-state index is 12.1. The molecule has 0 aliphatic carbocycles. The van der Waals surface area contributed by atoms with Gasteiger partial charge in [0.05, 0.1) is 12.2 Å². The number of anilines is 1. The molecule has 0 saturated heterocycles. The van der Waals surface area contributed by atoms with Crippen LogP contribution >= 0.6 is 11.3 Å². The van der Waals surface area contributed by atoms with Gasteiger partial charge in [0, 0.05) is 22.3 Å². The molecule has 96 valence electrons. The van der Waals surface area contributed by atoms with Crippen LogP contribution in [0.2, 0.25) is 0 Å². The highest BCUT2D eigenvalue weighted by Gasteiger charge is 2.26. The van der Waals surface area contributed by atoms with Crippen LogP contribution in [-0.2, 0) is 6.54 Å². The Labute approximate surface area is 115 Å². The molecule has 0 fully saturated rings. The summed E-state index contributed by atoms with van der Waals surface area (Å²) in [5.41, 5.74) is 3.45. The first-order valence-electron chi connectivity index (χ1n) is 5.93. The average molecular weight is 271 g/mol. The molecule has 0 bridgehead atoms. The van der Waals surface area contributed by atoms with Gasteiger partial charge < -0.3 is 5.32 Å². The van der Waals surface area contributed by atoms with E-state index < -0.39 is 0 Å². The number of hydrogen-bond acceptors (Lipinski definition) is 3. The maximum atomic E-state index is 12.1. The fourth-order valence-electron chi connectivity index (χ4n) is 2.07. The van der Waals surface area contributed by atoms with Crippen molar-refractivity contribution in [3.05, 3.63) is 52.5 Å². The third kappa shape index (κ3) is 2.13. The Morgan fingerprint density at radius 2 is 2.21 bits per heavy atom. The van der Waals surface area contributed by atoms with Crippen molar-refractivity contribution in [3.63, 3.8) is 0 Å². The summed E-state index contributed by atoms with van der Waals surface area (Å²) in [7, 11) is 0. The first kappa shape index (κ1) is 11.9. The van der Waals surface area contributed by atoms with Gasteiger partial charge in [0.25, 0.3) is 0 Å². The summed E-state index contributed by atoms with van der Waals surface area (Å²) in [6.45, 7) is 6.43. The lowest BCUT2D eigenvalue weighted by atomic mass is 10.1. The zero-order chi connectivity index (χ0) is 13.4. The molecule has 2 amide bonds. The molecule has 0 unspecified atom stereocenters. The molecule has 1 N–H and O–H groups in total. The molecule has 1 aromatic heterocycles. The highest BCUT2D eigenvalue weighted by Crippen LogP contribution is 2.31. The number of fused-ring (bicyclic) bond motifs is 1. The summed E-state index contributed by atoms with van der Waals surface area (Å²) in [4.78, 5) is 18.1. The van der Waals surface area contributed by atoms with Crippen LogP contribution in [0.1, 0.15) is 16.3 Å². The quantitative estimate of drug-likeness (QED) is 0.909. The predicted octanol–water partition coefficient (Wildman–Crippen LogP) is 3.47. The Balaban J connectivity index is 1.91. The number of aryl methyl sites for hydroxylation is 1. The third-order valence-corrected chi connectivity index (χ3v) is 3.96. The second-order valence-electron chi connectivity index (χ2n) is 4.39. The molecule has 0 saturated carbocycles. The van der Waals surface area contributed by atoms with Crippen molar-refractivity contribution in [2.75, 3.05) is 5.32 Å². The first-order valence-corrected chi connectivity index (χ1v) is 6.81. The molecule has 5 heteroatoms. The minimum absolute atomic E-state index is 0.156. The van der Waals surface area contributed by atoms with Gasteiger partial charge in [-0.05, 0) is 13.0 Å². The summed E-state index contributed by atoms with van der Waals surface area (Å²) in [5.74, 6) is 0. The van der Waals surface area contributed by atoms with Gasteiger partial charge in [-0.15, -0.1) is 11.3 Å². The van der Waals surface area contributed by atoms with Crippen molar-refractivity contribution >= 4 is 28.8 Å². The average Bonchev–Trinajstić information content (AvgIpc) is 2.80. The molecule has 0 spiro atoms. The summed E-state index contributed by atoms with van der Waals surface area (Å²) in [5, 5.41) is 5.76. The molecule has 0 atom stereocenters. The number of nitrogens with zero attached hydrogens (tertiary/aromatic N) is 2. The largest absolute Gasteiger partial charge is 0.326 e. The molecule has 2 aromatic rings. The number of hydrogen-bond donors (Lipinski definition) is 1. The fraction of sp³-hybridized carbons (Fsp3) is 0.143. The normalized spacial score (nSPS) is 14.3. The van der Waals surface area contributed by atoms with Crippen LogP contribution in [0.15, 0.2) is 36.2 Å². The Bertz CT molecular complexity index is 662. The van der Waals surface area contributed by atoms with Crippen molar-refractivity contribution in [2.24, 2.45) is 0 Å². The number of benzene rings is 1. The van der Waals surface area contributed by atoms with Crippen LogP contribution in [-0.4, -0.2) is 15.9 Å². The summed E-state index contributed by atoms with van der Waals surface area (Å²) < 4.78 is 0. The Hall–Kier alpha value is -2.14. The molecule has 19 heavy (non-hydrogen) atoms. The van der Waals surface area contributed by atoms with Crippen LogP contribution in [0, 0.1) is 6.92 Å². The summed E-state index contributed by atoms with van der Waals surface area (Å²) in [6.07, 6.45) is 0. The topological polar surface area (TPSA) is 45.2 Å². The summed E-state index contributed by atoms with van der Waals surface area (Å²) >= 11 is 1.55.